The summed E-state index contributed by atoms with van der Waals surface area (Å²) < 4.78 is 5.26. The van der Waals surface area contributed by atoms with Crippen LogP contribution in [0, 0.1) is 11.8 Å². The summed E-state index contributed by atoms with van der Waals surface area (Å²) in [5, 5.41) is 13.3. The molecule has 1 unspecified atom stereocenters. The molecule has 0 aromatic carbocycles. The lowest BCUT2D eigenvalue weighted by molar-refractivity contribution is -0.140. The maximum Gasteiger partial charge on any atom is 0.251 e. The van der Waals surface area contributed by atoms with Crippen LogP contribution in [0.5, 0.6) is 0 Å². The summed E-state index contributed by atoms with van der Waals surface area (Å²) >= 11 is 0. The Hall–Kier alpha value is -1.69. The molecule has 2 aliphatic rings. The van der Waals surface area contributed by atoms with E-state index in [0.717, 1.165) is 31.4 Å². The molecule has 1 aromatic heterocycles. The molecular formula is C18H26N2O4. The molecular weight excluding hydrogens is 308 g/mol. The zero-order chi connectivity index (χ0) is 17.3. The first kappa shape index (κ1) is 17.1. The van der Waals surface area contributed by atoms with Gasteiger partial charge in [0, 0.05) is 31.5 Å². The molecule has 1 saturated carbocycles. The third-order valence-electron chi connectivity index (χ3n) is 5.31. The van der Waals surface area contributed by atoms with Gasteiger partial charge in [-0.1, -0.05) is 12.1 Å². The lowest BCUT2D eigenvalue weighted by Gasteiger charge is -2.35. The van der Waals surface area contributed by atoms with Crippen LogP contribution in [-0.2, 0) is 4.79 Å². The molecule has 1 N–H and O–H groups in total. The summed E-state index contributed by atoms with van der Waals surface area (Å²) in [7, 11) is 0. The predicted molar refractivity (Wildman–Crippen MR) is 87.6 cm³/mol. The van der Waals surface area contributed by atoms with Crippen LogP contribution in [0.15, 0.2) is 10.6 Å². The van der Waals surface area contributed by atoms with Crippen molar-refractivity contribution in [3.05, 3.63) is 17.5 Å². The molecule has 2 atom stereocenters. The minimum Gasteiger partial charge on any atom is -0.384 e. The summed E-state index contributed by atoms with van der Waals surface area (Å²) in [6.45, 7) is 4.91. The third-order valence-corrected chi connectivity index (χ3v) is 5.31. The maximum absolute atomic E-state index is 12.4. The van der Waals surface area contributed by atoms with Crippen molar-refractivity contribution in [1.82, 2.24) is 10.1 Å². The molecule has 6 nitrogen and oxygen atoms in total. The van der Waals surface area contributed by atoms with Crippen molar-refractivity contribution < 1.29 is 19.2 Å². The smallest absolute Gasteiger partial charge is 0.251 e. The molecule has 24 heavy (non-hydrogen) atoms. The fraction of sp³-hybridized carbons (Fsp3) is 0.722. The fourth-order valence-electron chi connectivity index (χ4n) is 3.50. The first-order valence-electron chi connectivity index (χ1n) is 8.92. The molecule has 6 heteroatoms. The molecule has 1 amide bonds. The molecule has 0 radical (unpaired) electrons. The molecule has 0 spiro atoms. The van der Waals surface area contributed by atoms with Gasteiger partial charge in [0.2, 0.25) is 0 Å². The fourth-order valence-corrected chi connectivity index (χ4v) is 3.50. The summed E-state index contributed by atoms with van der Waals surface area (Å²) in [4.78, 5) is 25.9. The number of carbonyl (C=O) groups is 2. The Morgan fingerprint density at radius 3 is 2.54 bits per heavy atom. The van der Waals surface area contributed by atoms with E-state index in [1.54, 1.807) is 11.0 Å². The van der Waals surface area contributed by atoms with E-state index in [-0.39, 0.29) is 17.6 Å². The maximum atomic E-state index is 12.4. The number of aliphatic hydroxyl groups excluding tert-OH is 1. The summed E-state index contributed by atoms with van der Waals surface area (Å²) in [5.74, 6) is 1.82. The van der Waals surface area contributed by atoms with E-state index in [9.17, 15) is 14.7 Å². The topological polar surface area (TPSA) is 83.6 Å². The second-order valence-corrected chi connectivity index (χ2v) is 7.33. The highest BCUT2D eigenvalue weighted by Gasteiger charge is 2.31. The number of piperidine rings is 1. The summed E-state index contributed by atoms with van der Waals surface area (Å²) in [5.41, 5.74) is 0.450. The van der Waals surface area contributed by atoms with Crippen LogP contribution in [-0.4, -0.2) is 46.0 Å². The summed E-state index contributed by atoms with van der Waals surface area (Å²) in [6, 6.07) is 1.80. The molecule has 2 heterocycles. The van der Waals surface area contributed by atoms with Crippen LogP contribution < -0.4 is 0 Å². The Morgan fingerprint density at radius 2 is 1.96 bits per heavy atom. The molecule has 2 fully saturated rings. The van der Waals surface area contributed by atoms with Gasteiger partial charge in [0.1, 0.15) is 17.6 Å². The van der Waals surface area contributed by atoms with Crippen LogP contribution in [0.2, 0.25) is 0 Å². The predicted octanol–water partition coefficient (Wildman–Crippen LogP) is 2.38. The van der Waals surface area contributed by atoms with Crippen LogP contribution in [0.1, 0.15) is 68.1 Å². The normalized spacial score (nSPS) is 21.5. The molecule has 132 valence electrons. The van der Waals surface area contributed by atoms with Crippen LogP contribution in [0.25, 0.3) is 0 Å². The number of amides is 1. The molecule has 1 saturated heterocycles. The van der Waals surface area contributed by atoms with Gasteiger partial charge in [-0.2, -0.15) is 0 Å². The Balaban J connectivity index is 1.49. The third kappa shape index (κ3) is 3.86. The number of carbonyl (C=O) groups excluding carboxylic acids is 2. The molecule has 1 aliphatic heterocycles. The highest BCUT2D eigenvalue weighted by molar-refractivity contribution is 5.94. The second-order valence-electron chi connectivity index (χ2n) is 7.33. The van der Waals surface area contributed by atoms with E-state index in [0.29, 0.717) is 37.0 Å². The van der Waals surface area contributed by atoms with Gasteiger partial charge in [0.25, 0.3) is 5.91 Å². The second kappa shape index (κ2) is 7.05. The molecule has 3 rings (SSSR count). The highest BCUT2D eigenvalue weighted by Crippen LogP contribution is 2.40. The van der Waals surface area contributed by atoms with Crippen molar-refractivity contribution in [3.8, 4) is 0 Å². The van der Waals surface area contributed by atoms with Gasteiger partial charge in [-0.25, -0.2) is 0 Å². The summed E-state index contributed by atoms with van der Waals surface area (Å²) in [6.07, 6.45) is 3.53. The average molecular weight is 334 g/mol. The largest absolute Gasteiger partial charge is 0.384 e. The van der Waals surface area contributed by atoms with E-state index in [1.807, 2.05) is 0 Å². The zero-order valence-electron chi connectivity index (χ0n) is 14.4. The van der Waals surface area contributed by atoms with Crippen molar-refractivity contribution in [1.29, 1.82) is 0 Å². The Kier molecular flexibility index (Phi) is 5.04. The number of aliphatic hydroxyl groups is 1. The molecule has 1 aliphatic carbocycles. The van der Waals surface area contributed by atoms with Crippen molar-refractivity contribution in [2.24, 2.45) is 11.8 Å². The number of nitrogens with zero attached hydrogens (tertiary/aromatic N) is 2. The van der Waals surface area contributed by atoms with E-state index in [4.69, 9.17) is 4.52 Å². The molecule has 0 bridgehead atoms. The lowest BCUT2D eigenvalue weighted by atomic mass is 9.82. The monoisotopic (exact) mass is 334 g/mol. The van der Waals surface area contributed by atoms with E-state index in [2.05, 4.69) is 12.1 Å². The van der Waals surface area contributed by atoms with Crippen LogP contribution in [0.3, 0.4) is 0 Å². The van der Waals surface area contributed by atoms with E-state index in [1.165, 1.54) is 6.92 Å². The SMILES string of the molecule is CC(CC(=O)c1cc(C2CC2)on1)C1CCN(C(=O)[C@H](C)O)CC1. The Morgan fingerprint density at radius 1 is 1.29 bits per heavy atom. The Labute approximate surface area is 142 Å². The van der Waals surface area contributed by atoms with Gasteiger partial charge in [-0.3, -0.25) is 9.59 Å². The molecule has 1 aromatic rings. The van der Waals surface area contributed by atoms with Crippen molar-refractivity contribution in [2.45, 2.75) is 58.0 Å². The first-order valence-corrected chi connectivity index (χ1v) is 8.92. The number of ketones is 1. The number of likely N-dealkylation sites (tertiary alicyclic amines) is 1. The lowest BCUT2D eigenvalue weighted by Crippen LogP contribution is -2.44. The van der Waals surface area contributed by atoms with Crippen molar-refractivity contribution in [3.63, 3.8) is 0 Å². The van der Waals surface area contributed by atoms with Gasteiger partial charge in [-0.15, -0.1) is 0 Å². The number of hydrogen-bond donors (Lipinski definition) is 1. The van der Waals surface area contributed by atoms with Gasteiger partial charge < -0.3 is 14.5 Å². The zero-order valence-corrected chi connectivity index (χ0v) is 14.4. The van der Waals surface area contributed by atoms with Crippen LogP contribution in [0.4, 0.5) is 0 Å². The average Bonchev–Trinajstić information content (AvgIpc) is 3.31. The number of Topliss-reactive ketones (excluding diaryl/α,β-unsaturated/α-hetero) is 1. The van der Waals surface area contributed by atoms with Gasteiger partial charge in [-0.05, 0) is 44.4 Å². The van der Waals surface area contributed by atoms with Crippen molar-refractivity contribution >= 4 is 11.7 Å². The Bertz CT molecular complexity index is 598. The minimum atomic E-state index is -0.937. The van der Waals surface area contributed by atoms with Gasteiger partial charge >= 0.3 is 0 Å². The van der Waals surface area contributed by atoms with Gasteiger partial charge in [0.15, 0.2) is 5.78 Å². The number of hydrogen-bond acceptors (Lipinski definition) is 5. The first-order chi connectivity index (χ1) is 11.5. The quantitative estimate of drug-likeness (QED) is 0.808. The van der Waals surface area contributed by atoms with E-state index >= 15 is 0 Å². The van der Waals surface area contributed by atoms with E-state index < -0.39 is 6.10 Å². The number of aromatic nitrogens is 1. The van der Waals surface area contributed by atoms with Crippen LogP contribution >= 0.6 is 0 Å². The minimum absolute atomic E-state index is 0.0423. The number of rotatable bonds is 6. The highest BCUT2D eigenvalue weighted by atomic mass is 16.5. The van der Waals surface area contributed by atoms with Crippen molar-refractivity contribution in [2.75, 3.05) is 13.1 Å². The van der Waals surface area contributed by atoms with Gasteiger partial charge in [0.05, 0.1) is 0 Å². The standard InChI is InChI=1S/C18H26N2O4/c1-11(13-5-7-20(8-6-13)18(23)12(2)21)9-16(22)15-10-17(24-19-15)14-3-4-14/h10-14,21H,3-9H2,1-2H3/t11?,12-/m0/s1.